The minimum Gasteiger partial charge on any atom is -0.513 e. The Bertz CT molecular complexity index is 93.8. The van der Waals surface area contributed by atoms with Gasteiger partial charge in [0.15, 0.2) is 0 Å². The Morgan fingerprint density at radius 1 is 1.30 bits per heavy atom. The van der Waals surface area contributed by atoms with Crippen LogP contribution in [0.25, 0.3) is 0 Å². The van der Waals surface area contributed by atoms with Crippen LogP contribution in [-0.4, -0.2) is 5.11 Å². The van der Waals surface area contributed by atoms with Gasteiger partial charge in [0.2, 0.25) is 0 Å². The molecular weight excluding hydrogens is 126 g/mol. The zero-order valence-corrected chi connectivity index (χ0v) is 6.85. The molecule has 0 aliphatic carbocycles. The summed E-state index contributed by atoms with van der Waals surface area (Å²) in [5.41, 5.74) is 5.78. The smallest absolute Gasteiger partial charge is 0.0854 e. The van der Waals surface area contributed by atoms with E-state index in [1.165, 1.54) is 0 Å². The van der Waals surface area contributed by atoms with Crippen molar-refractivity contribution in [3.05, 3.63) is 24.6 Å². The summed E-state index contributed by atoms with van der Waals surface area (Å²) in [5.74, 6) is 0.164. The minimum absolute atomic E-state index is 0.164. The first-order valence-corrected chi connectivity index (χ1v) is 3.43. The van der Waals surface area contributed by atoms with Crippen LogP contribution in [0, 0.1) is 0 Å². The Morgan fingerprint density at radius 3 is 1.80 bits per heavy atom. The zero-order chi connectivity index (χ0) is 8.57. The van der Waals surface area contributed by atoms with E-state index >= 15 is 0 Å². The van der Waals surface area contributed by atoms with Crippen molar-refractivity contribution < 1.29 is 5.11 Å². The van der Waals surface area contributed by atoms with Gasteiger partial charge in [0.1, 0.15) is 0 Å². The van der Waals surface area contributed by atoms with E-state index in [1.807, 2.05) is 13.8 Å². The highest BCUT2D eigenvalue weighted by molar-refractivity contribution is 4.91. The predicted molar refractivity (Wildman–Crippen MR) is 45.7 cm³/mol. The maximum absolute atomic E-state index is 8.51. The van der Waals surface area contributed by atoms with E-state index in [2.05, 4.69) is 13.2 Å². The maximum Gasteiger partial charge on any atom is 0.0854 e. The van der Waals surface area contributed by atoms with Crippen molar-refractivity contribution in [3.8, 4) is 0 Å². The van der Waals surface area contributed by atoms with Crippen molar-refractivity contribution in [1.82, 2.24) is 0 Å². The summed E-state index contributed by atoms with van der Waals surface area (Å²) in [4.78, 5) is 0. The van der Waals surface area contributed by atoms with Crippen LogP contribution in [0.15, 0.2) is 24.6 Å². The first-order chi connectivity index (χ1) is 4.63. The molecule has 0 radical (unpaired) electrons. The lowest BCUT2D eigenvalue weighted by atomic mass is 10.2. The number of allylic oxidation sites excluding steroid dienone is 2. The highest BCUT2D eigenvalue weighted by atomic mass is 16.3. The average Bonchev–Trinajstić information content (AvgIpc) is 1.89. The number of aliphatic hydroxyl groups is 1. The third-order valence-electron chi connectivity index (χ3n) is 0.735. The molecule has 0 fully saturated rings. The molecule has 0 aromatic rings. The van der Waals surface area contributed by atoms with Crippen molar-refractivity contribution in [2.75, 3.05) is 0 Å². The number of hydrogen-bond donors (Lipinski definition) is 2. The number of aliphatic hydroxyl groups excluding tert-OH is 1. The Kier molecular flexibility index (Phi) is 9.56. The van der Waals surface area contributed by atoms with E-state index in [0.717, 1.165) is 0 Å². The fraction of sp³-hybridized carbons (Fsp3) is 0.500. The molecule has 0 rings (SSSR count). The predicted octanol–water partition coefficient (Wildman–Crippen LogP) is 2.34. The summed E-state index contributed by atoms with van der Waals surface area (Å²) in [6, 6.07) is 0. The molecule has 0 bridgehead atoms. The Labute approximate surface area is 63.1 Å². The van der Waals surface area contributed by atoms with Crippen molar-refractivity contribution in [1.29, 1.82) is 0 Å². The van der Waals surface area contributed by atoms with E-state index in [9.17, 15) is 0 Å². The van der Waals surface area contributed by atoms with Gasteiger partial charge in [-0.05, 0) is 6.42 Å². The molecule has 2 heteroatoms. The second-order valence-electron chi connectivity index (χ2n) is 1.72. The molecule has 60 valence electrons. The van der Waals surface area contributed by atoms with E-state index in [1.54, 1.807) is 0 Å². The fourth-order valence-electron chi connectivity index (χ4n) is 0.305. The Morgan fingerprint density at radius 2 is 1.70 bits per heavy atom. The van der Waals surface area contributed by atoms with Crippen LogP contribution in [0.1, 0.15) is 26.7 Å². The number of nitrogens with two attached hydrogens (primary N) is 1. The largest absolute Gasteiger partial charge is 0.513 e. The molecule has 0 unspecified atom stereocenters. The first-order valence-electron chi connectivity index (χ1n) is 3.43. The van der Waals surface area contributed by atoms with Crippen molar-refractivity contribution in [2.24, 2.45) is 5.73 Å². The summed E-state index contributed by atoms with van der Waals surface area (Å²) in [6.07, 6.45) is 1.14. The van der Waals surface area contributed by atoms with Gasteiger partial charge in [0.05, 0.1) is 5.76 Å². The number of hydrogen-bond acceptors (Lipinski definition) is 2. The van der Waals surface area contributed by atoms with Gasteiger partial charge >= 0.3 is 0 Å². The molecule has 0 atom stereocenters. The molecule has 0 aliphatic rings. The molecule has 0 aromatic carbocycles. The molecule has 10 heavy (non-hydrogen) atoms. The van der Waals surface area contributed by atoms with Gasteiger partial charge in [0.25, 0.3) is 0 Å². The van der Waals surface area contributed by atoms with Crippen LogP contribution in [-0.2, 0) is 0 Å². The van der Waals surface area contributed by atoms with Crippen molar-refractivity contribution >= 4 is 0 Å². The summed E-state index contributed by atoms with van der Waals surface area (Å²) in [6.45, 7) is 10.7. The highest BCUT2D eigenvalue weighted by Gasteiger charge is 1.88. The maximum atomic E-state index is 8.51. The van der Waals surface area contributed by atoms with Gasteiger partial charge in [-0.15, -0.1) is 0 Å². The molecule has 0 spiro atoms. The SMILES string of the molecule is C=C(N)CCC(=C)O.CC. The lowest BCUT2D eigenvalue weighted by Gasteiger charge is -1.95. The van der Waals surface area contributed by atoms with Crippen LogP contribution in [0.4, 0.5) is 0 Å². The zero-order valence-electron chi connectivity index (χ0n) is 6.85. The van der Waals surface area contributed by atoms with E-state index in [0.29, 0.717) is 18.5 Å². The van der Waals surface area contributed by atoms with Crippen LogP contribution in [0.2, 0.25) is 0 Å². The van der Waals surface area contributed by atoms with Gasteiger partial charge in [-0.25, -0.2) is 0 Å². The first kappa shape index (κ1) is 11.8. The van der Waals surface area contributed by atoms with Crippen LogP contribution in [0.5, 0.6) is 0 Å². The van der Waals surface area contributed by atoms with Gasteiger partial charge in [0, 0.05) is 12.1 Å². The summed E-state index contributed by atoms with van der Waals surface area (Å²) in [5, 5.41) is 8.51. The van der Waals surface area contributed by atoms with Gasteiger partial charge in [-0.2, -0.15) is 0 Å². The van der Waals surface area contributed by atoms with Crippen LogP contribution in [0.3, 0.4) is 0 Å². The normalized spacial score (nSPS) is 7.40. The topological polar surface area (TPSA) is 46.2 Å². The second-order valence-corrected chi connectivity index (χ2v) is 1.72. The second kappa shape index (κ2) is 8.08. The molecule has 3 N–H and O–H groups in total. The molecule has 2 nitrogen and oxygen atoms in total. The molecule has 0 amide bonds. The lowest BCUT2D eigenvalue weighted by Crippen LogP contribution is -1.94. The fourth-order valence-corrected chi connectivity index (χ4v) is 0.305. The monoisotopic (exact) mass is 143 g/mol. The third kappa shape index (κ3) is 15.7. The Hall–Kier alpha value is -0.920. The highest BCUT2D eigenvalue weighted by Crippen LogP contribution is 2.00. The molecule has 0 aromatic heterocycles. The van der Waals surface area contributed by atoms with Crippen LogP contribution < -0.4 is 5.73 Å². The van der Waals surface area contributed by atoms with Crippen LogP contribution >= 0.6 is 0 Å². The van der Waals surface area contributed by atoms with Gasteiger partial charge in [-0.3, -0.25) is 0 Å². The lowest BCUT2D eigenvalue weighted by molar-refractivity contribution is 0.391. The average molecular weight is 143 g/mol. The molecule has 0 saturated heterocycles. The molecular formula is C8H17NO. The van der Waals surface area contributed by atoms with Crippen molar-refractivity contribution in [3.63, 3.8) is 0 Å². The number of rotatable bonds is 3. The molecule has 0 aliphatic heterocycles. The standard InChI is InChI=1S/C6H11NO.C2H6/c1-5(7)3-4-6(2)8;1-2/h8H,1-4,7H2;1-2H3. The summed E-state index contributed by atoms with van der Waals surface area (Å²) >= 11 is 0. The minimum atomic E-state index is 0.164. The van der Waals surface area contributed by atoms with Gasteiger partial charge in [-0.1, -0.05) is 27.0 Å². The Balaban J connectivity index is 0. The van der Waals surface area contributed by atoms with E-state index in [-0.39, 0.29) is 5.76 Å². The summed E-state index contributed by atoms with van der Waals surface area (Å²) in [7, 11) is 0. The van der Waals surface area contributed by atoms with Gasteiger partial charge < -0.3 is 10.8 Å². The van der Waals surface area contributed by atoms with E-state index < -0.39 is 0 Å². The molecule has 0 heterocycles. The van der Waals surface area contributed by atoms with Crippen molar-refractivity contribution in [2.45, 2.75) is 26.7 Å². The quantitative estimate of drug-likeness (QED) is 0.595. The summed E-state index contributed by atoms with van der Waals surface area (Å²) < 4.78 is 0. The third-order valence-corrected chi connectivity index (χ3v) is 0.735. The molecule has 0 saturated carbocycles. The van der Waals surface area contributed by atoms with E-state index in [4.69, 9.17) is 10.8 Å².